The van der Waals surface area contributed by atoms with Crippen LogP contribution in [0.1, 0.15) is 5.56 Å². The molecule has 44 valence electrons. The topological polar surface area (TPSA) is 0 Å². The standard InChI is InChI=1S/C7H6BBr/c8-5-6-2-1-3-7(9)4-6/h1-4H,5H2. The molecule has 0 nitrogen and oxygen atoms in total. The molecule has 2 radical (unpaired) electrons. The molecule has 0 unspecified atom stereocenters. The minimum Gasteiger partial charge on any atom is -0.0643 e. The van der Waals surface area contributed by atoms with Gasteiger partial charge in [0.1, 0.15) is 0 Å². The average Bonchev–Trinajstić information content (AvgIpc) is 1.88. The van der Waals surface area contributed by atoms with Gasteiger partial charge < -0.3 is 0 Å². The number of halogens is 1. The summed E-state index contributed by atoms with van der Waals surface area (Å²) in [6.45, 7) is 0. The second-order valence-electron chi connectivity index (χ2n) is 1.83. The van der Waals surface area contributed by atoms with E-state index in [1.54, 1.807) is 0 Å². The lowest BCUT2D eigenvalue weighted by Crippen LogP contribution is -1.80. The molecular weight excluding hydrogens is 175 g/mol. The van der Waals surface area contributed by atoms with Crippen LogP contribution in [0.3, 0.4) is 0 Å². The first-order chi connectivity index (χ1) is 4.33. The fourth-order valence-corrected chi connectivity index (χ4v) is 1.11. The van der Waals surface area contributed by atoms with Crippen LogP contribution in [0.25, 0.3) is 0 Å². The number of rotatable bonds is 1. The molecule has 0 aliphatic heterocycles. The van der Waals surface area contributed by atoms with Gasteiger partial charge in [-0.3, -0.25) is 0 Å². The van der Waals surface area contributed by atoms with Crippen molar-refractivity contribution in [1.82, 2.24) is 0 Å². The highest BCUT2D eigenvalue weighted by atomic mass is 79.9. The largest absolute Gasteiger partial charge is 0.0716 e. The van der Waals surface area contributed by atoms with E-state index in [-0.39, 0.29) is 0 Å². The van der Waals surface area contributed by atoms with Gasteiger partial charge in [0.25, 0.3) is 0 Å². The van der Waals surface area contributed by atoms with Crippen molar-refractivity contribution in [3.05, 3.63) is 34.3 Å². The molecule has 1 aromatic carbocycles. The quantitative estimate of drug-likeness (QED) is 0.581. The maximum absolute atomic E-state index is 5.40. The van der Waals surface area contributed by atoms with Crippen molar-refractivity contribution in [3.63, 3.8) is 0 Å². The van der Waals surface area contributed by atoms with Gasteiger partial charge in [-0.15, -0.1) is 0 Å². The summed E-state index contributed by atoms with van der Waals surface area (Å²) in [5, 5.41) is 0. The molecule has 0 amide bonds. The molecular formula is C7H6BBr. The zero-order valence-corrected chi connectivity index (χ0v) is 6.56. The fraction of sp³-hybridized carbons (Fsp3) is 0.143. The lowest BCUT2D eigenvalue weighted by Gasteiger charge is -1.94. The summed E-state index contributed by atoms with van der Waals surface area (Å²) in [5.41, 5.74) is 1.16. The molecule has 2 heteroatoms. The van der Waals surface area contributed by atoms with E-state index in [9.17, 15) is 0 Å². The third-order valence-corrected chi connectivity index (χ3v) is 1.62. The Labute approximate surface area is 64.8 Å². The number of hydrogen-bond acceptors (Lipinski definition) is 0. The van der Waals surface area contributed by atoms with E-state index < -0.39 is 0 Å². The van der Waals surface area contributed by atoms with E-state index in [1.807, 2.05) is 24.3 Å². The SMILES string of the molecule is [B]Cc1cccc(Br)c1. The van der Waals surface area contributed by atoms with Crippen molar-refractivity contribution in [3.8, 4) is 0 Å². The fourth-order valence-electron chi connectivity index (χ4n) is 0.664. The Morgan fingerprint density at radius 2 is 2.22 bits per heavy atom. The predicted molar refractivity (Wildman–Crippen MR) is 43.6 cm³/mol. The Morgan fingerprint density at radius 1 is 1.44 bits per heavy atom. The van der Waals surface area contributed by atoms with E-state index in [2.05, 4.69) is 15.9 Å². The van der Waals surface area contributed by atoms with Crippen LogP contribution < -0.4 is 0 Å². The second kappa shape index (κ2) is 3.07. The molecule has 9 heavy (non-hydrogen) atoms. The summed E-state index contributed by atoms with van der Waals surface area (Å²) in [5.74, 6) is 0. The molecule has 0 aromatic heterocycles. The Bertz CT molecular complexity index is 198. The van der Waals surface area contributed by atoms with Crippen LogP contribution in [0.2, 0.25) is 0 Å². The summed E-state index contributed by atoms with van der Waals surface area (Å²) < 4.78 is 1.09. The molecule has 0 aliphatic carbocycles. The lowest BCUT2D eigenvalue weighted by atomic mass is 9.97. The van der Waals surface area contributed by atoms with Crippen molar-refractivity contribution < 1.29 is 0 Å². The van der Waals surface area contributed by atoms with Gasteiger partial charge >= 0.3 is 0 Å². The number of hydrogen-bond donors (Lipinski definition) is 0. The Kier molecular flexibility index (Phi) is 2.34. The van der Waals surface area contributed by atoms with Crippen LogP contribution in [0.5, 0.6) is 0 Å². The van der Waals surface area contributed by atoms with Crippen molar-refractivity contribution in [2.24, 2.45) is 0 Å². The Balaban J connectivity index is 2.94. The molecule has 1 aromatic rings. The van der Waals surface area contributed by atoms with Crippen molar-refractivity contribution >= 4 is 23.8 Å². The minimum absolute atomic E-state index is 0.611. The van der Waals surface area contributed by atoms with E-state index in [4.69, 9.17) is 7.85 Å². The summed E-state index contributed by atoms with van der Waals surface area (Å²) in [4.78, 5) is 0. The van der Waals surface area contributed by atoms with Gasteiger partial charge in [-0.25, -0.2) is 0 Å². The summed E-state index contributed by atoms with van der Waals surface area (Å²) in [6, 6.07) is 7.98. The molecule has 0 heterocycles. The minimum atomic E-state index is 0.611. The van der Waals surface area contributed by atoms with Crippen LogP contribution in [0.15, 0.2) is 28.7 Å². The monoisotopic (exact) mass is 180 g/mol. The maximum Gasteiger partial charge on any atom is 0.0716 e. The first-order valence-electron chi connectivity index (χ1n) is 2.77. The first-order valence-corrected chi connectivity index (χ1v) is 3.57. The highest BCUT2D eigenvalue weighted by molar-refractivity contribution is 9.10. The summed E-state index contributed by atoms with van der Waals surface area (Å²) in [7, 11) is 5.40. The highest BCUT2D eigenvalue weighted by Gasteiger charge is 1.87. The maximum atomic E-state index is 5.40. The molecule has 0 spiro atoms. The van der Waals surface area contributed by atoms with Crippen LogP contribution in [0.4, 0.5) is 0 Å². The zero-order chi connectivity index (χ0) is 6.69. The second-order valence-corrected chi connectivity index (χ2v) is 2.75. The third-order valence-electron chi connectivity index (χ3n) is 1.12. The Morgan fingerprint density at radius 3 is 2.67 bits per heavy atom. The van der Waals surface area contributed by atoms with E-state index in [0.717, 1.165) is 10.0 Å². The van der Waals surface area contributed by atoms with Gasteiger partial charge in [0.05, 0.1) is 7.85 Å². The van der Waals surface area contributed by atoms with Gasteiger partial charge in [-0.05, 0) is 12.1 Å². The van der Waals surface area contributed by atoms with Crippen LogP contribution in [0, 0.1) is 0 Å². The van der Waals surface area contributed by atoms with E-state index >= 15 is 0 Å². The molecule has 0 aliphatic rings. The van der Waals surface area contributed by atoms with Gasteiger partial charge in [-0.2, -0.15) is 0 Å². The molecule has 0 saturated heterocycles. The molecule has 0 atom stereocenters. The normalized spacial score (nSPS) is 9.44. The van der Waals surface area contributed by atoms with E-state index in [1.165, 1.54) is 0 Å². The van der Waals surface area contributed by atoms with Crippen molar-refractivity contribution in [1.29, 1.82) is 0 Å². The summed E-state index contributed by atoms with van der Waals surface area (Å²) >= 11 is 3.35. The van der Waals surface area contributed by atoms with E-state index in [0.29, 0.717) is 6.32 Å². The highest BCUT2D eigenvalue weighted by Crippen LogP contribution is 2.10. The van der Waals surface area contributed by atoms with Gasteiger partial charge in [0.2, 0.25) is 0 Å². The van der Waals surface area contributed by atoms with Crippen molar-refractivity contribution in [2.45, 2.75) is 6.32 Å². The van der Waals surface area contributed by atoms with Crippen LogP contribution in [-0.4, -0.2) is 7.85 Å². The average molecular weight is 181 g/mol. The van der Waals surface area contributed by atoms with Crippen molar-refractivity contribution in [2.75, 3.05) is 0 Å². The third kappa shape index (κ3) is 1.86. The Hall–Kier alpha value is -0.235. The van der Waals surface area contributed by atoms with Gasteiger partial charge in [0, 0.05) is 4.47 Å². The molecule has 0 saturated carbocycles. The molecule has 1 rings (SSSR count). The number of benzene rings is 1. The molecule has 0 fully saturated rings. The van der Waals surface area contributed by atoms with Crippen LogP contribution in [-0.2, 0) is 6.32 Å². The van der Waals surface area contributed by atoms with Gasteiger partial charge in [0.15, 0.2) is 0 Å². The van der Waals surface area contributed by atoms with Gasteiger partial charge in [-0.1, -0.05) is 39.9 Å². The first kappa shape index (κ1) is 6.88. The van der Waals surface area contributed by atoms with Crippen LogP contribution >= 0.6 is 15.9 Å². The zero-order valence-electron chi connectivity index (χ0n) is 4.97. The predicted octanol–water partition coefficient (Wildman–Crippen LogP) is 2.12. The lowest BCUT2D eigenvalue weighted by molar-refractivity contribution is 1.39. The summed E-state index contributed by atoms with van der Waals surface area (Å²) in [6.07, 6.45) is 0.611. The smallest absolute Gasteiger partial charge is 0.0643 e. The molecule has 0 N–H and O–H groups in total. The molecule has 0 bridgehead atoms.